The van der Waals surface area contributed by atoms with Crippen molar-refractivity contribution in [2.75, 3.05) is 6.54 Å². The van der Waals surface area contributed by atoms with Crippen LogP contribution in [0.1, 0.15) is 59.0 Å². The Bertz CT molecular complexity index is 568. The van der Waals surface area contributed by atoms with Crippen LogP contribution in [0.5, 0.6) is 0 Å². The largest absolute Gasteiger partial charge is 0.306 e. The van der Waals surface area contributed by atoms with Crippen molar-refractivity contribution in [1.29, 1.82) is 0 Å². The molecule has 1 atom stereocenters. The Labute approximate surface area is 126 Å². The lowest BCUT2D eigenvalue weighted by Crippen LogP contribution is -2.24. The highest BCUT2D eigenvalue weighted by Crippen LogP contribution is 2.41. The predicted octanol–water partition coefficient (Wildman–Crippen LogP) is 5.02. The van der Waals surface area contributed by atoms with Gasteiger partial charge in [0.2, 0.25) is 0 Å². The second-order valence-electron chi connectivity index (χ2n) is 5.70. The summed E-state index contributed by atoms with van der Waals surface area (Å²) in [7, 11) is 0. The van der Waals surface area contributed by atoms with Crippen molar-refractivity contribution in [2.45, 2.75) is 45.1 Å². The van der Waals surface area contributed by atoms with E-state index in [9.17, 15) is 0 Å². The zero-order valence-electron chi connectivity index (χ0n) is 12.4. The highest BCUT2D eigenvalue weighted by Gasteiger charge is 2.25. The molecule has 1 fully saturated rings. The summed E-state index contributed by atoms with van der Waals surface area (Å²) in [5.41, 5.74) is 3.05. The summed E-state index contributed by atoms with van der Waals surface area (Å²) in [4.78, 5) is 2.83. The van der Waals surface area contributed by atoms with Gasteiger partial charge in [-0.3, -0.25) is 0 Å². The predicted molar refractivity (Wildman–Crippen MR) is 87.6 cm³/mol. The van der Waals surface area contributed by atoms with Gasteiger partial charge in [-0.2, -0.15) is 0 Å². The van der Waals surface area contributed by atoms with E-state index in [1.165, 1.54) is 34.6 Å². The smallest absolute Gasteiger partial charge is 0.0673 e. The number of thiophene rings is 1. The molecular formula is C18H23NS. The number of aryl methyl sites for hydroxylation is 1. The van der Waals surface area contributed by atoms with Gasteiger partial charge < -0.3 is 5.32 Å². The molecule has 1 unspecified atom stereocenters. The van der Waals surface area contributed by atoms with Crippen molar-refractivity contribution in [3.63, 3.8) is 0 Å². The summed E-state index contributed by atoms with van der Waals surface area (Å²) in [5, 5.41) is 3.68. The molecule has 106 valence electrons. The minimum absolute atomic E-state index is 0.357. The Morgan fingerprint density at radius 2 is 2.00 bits per heavy atom. The van der Waals surface area contributed by atoms with Gasteiger partial charge in [0.05, 0.1) is 6.04 Å². The monoisotopic (exact) mass is 285 g/mol. The highest BCUT2D eigenvalue weighted by atomic mass is 32.1. The molecule has 0 bridgehead atoms. The summed E-state index contributed by atoms with van der Waals surface area (Å²) in [6, 6.07) is 13.9. The van der Waals surface area contributed by atoms with E-state index < -0.39 is 0 Å². The number of hydrogen-bond donors (Lipinski definition) is 1. The molecule has 1 heterocycles. The van der Waals surface area contributed by atoms with Gasteiger partial charge in [0.1, 0.15) is 0 Å². The molecule has 1 aliphatic carbocycles. The summed E-state index contributed by atoms with van der Waals surface area (Å²) < 4.78 is 0. The van der Waals surface area contributed by atoms with Gasteiger partial charge in [0.15, 0.2) is 0 Å². The number of hydrogen-bond acceptors (Lipinski definition) is 2. The Hall–Kier alpha value is -1.12. The van der Waals surface area contributed by atoms with Crippen LogP contribution < -0.4 is 5.32 Å². The summed E-state index contributed by atoms with van der Waals surface area (Å²) in [6.07, 6.45) is 4.11. The molecule has 2 heteroatoms. The quantitative estimate of drug-likeness (QED) is 0.813. The average molecular weight is 285 g/mol. The Kier molecular flexibility index (Phi) is 4.23. The molecule has 0 aliphatic heterocycles. The van der Waals surface area contributed by atoms with Crippen molar-refractivity contribution < 1.29 is 0 Å². The van der Waals surface area contributed by atoms with Crippen LogP contribution in [0.25, 0.3) is 0 Å². The lowest BCUT2D eigenvalue weighted by molar-refractivity contribution is 0.414. The van der Waals surface area contributed by atoms with Crippen LogP contribution in [0.3, 0.4) is 0 Å². The van der Waals surface area contributed by atoms with Crippen molar-refractivity contribution in [1.82, 2.24) is 5.32 Å². The van der Waals surface area contributed by atoms with Gasteiger partial charge in [-0.05, 0) is 55.5 Å². The molecule has 1 aromatic heterocycles. The zero-order valence-corrected chi connectivity index (χ0v) is 13.2. The van der Waals surface area contributed by atoms with E-state index in [2.05, 4.69) is 55.6 Å². The molecule has 0 radical (unpaired) electrons. The SMILES string of the molecule is CCNC(c1ccc(C)s1)c1ccccc1C1CCC1. The molecule has 0 saturated heterocycles. The lowest BCUT2D eigenvalue weighted by Gasteiger charge is -2.30. The third-order valence-corrected chi connectivity index (χ3v) is 5.37. The minimum Gasteiger partial charge on any atom is -0.306 e. The maximum Gasteiger partial charge on any atom is 0.0673 e. The molecule has 2 aromatic rings. The first kappa shape index (κ1) is 13.8. The van der Waals surface area contributed by atoms with E-state index in [1.807, 2.05) is 11.3 Å². The zero-order chi connectivity index (χ0) is 13.9. The van der Waals surface area contributed by atoms with Crippen LogP contribution in [0.4, 0.5) is 0 Å². The first-order valence-corrected chi connectivity index (χ1v) is 8.49. The standard InChI is InChI=1S/C18H23NS/c1-3-19-18(17-12-11-13(2)20-17)16-10-5-4-9-15(16)14-7-6-8-14/h4-5,9-12,14,18-19H,3,6-8H2,1-2H3. The van der Waals surface area contributed by atoms with E-state index >= 15 is 0 Å². The fourth-order valence-electron chi connectivity index (χ4n) is 3.04. The van der Waals surface area contributed by atoms with Crippen molar-refractivity contribution in [3.8, 4) is 0 Å². The molecule has 3 rings (SSSR count). The Morgan fingerprint density at radius 3 is 2.60 bits per heavy atom. The third-order valence-electron chi connectivity index (χ3n) is 4.31. The van der Waals surface area contributed by atoms with Gasteiger partial charge in [-0.25, -0.2) is 0 Å². The molecule has 1 N–H and O–H groups in total. The molecule has 1 aliphatic rings. The average Bonchev–Trinajstić information content (AvgIpc) is 2.81. The summed E-state index contributed by atoms with van der Waals surface area (Å²) >= 11 is 1.91. The van der Waals surface area contributed by atoms with E-state index in [1.54, 1.807) is 5.56 Å². The van der Waals surface area contributed by atoms with Gasteiger partial charge in [-0.15, -0.1) is 11.3 Å². The number of benzene rings is 1. The number of nitrogens with one attached hydrogen (secondary N) is 1. The first-order chi connectivity index (χ1) is 9.79. The second kappa shape index (κ2) is 6.11. The fraction of sp³-hybridized carbons (Fsp3) is 0.444. The Morgan fingerprint density at radius 1 is 1.20 bits per heavy atom. The molecule has 1 aromatic carbocycles. The molecular weight excluding hydrogens is 262 g/mol. The van der Waals surface area contributed by atoms with Crippen LogP contribution in [0, 0.1) is 6.92 Å². The minimum atomic E-state index is 0.357. The van der Waals surface area contributed by atoms with Gasteiger partial charge in [0, 0.05) is 9.75 Å². The van der Waals surface area contributed by atoms with Crippen molar-refractivity contribution in [3.05, 3.63) is 57.3 Å². The van der Waals surface area contributed by atoms with E-state index in [0.717, 1.165) is 12.5 Å². The van der Waals surface area contributed by atoms with E-state index in [-0.39, 0.29) is 0 Å². The maximum atomic E-state index is 3.68. The van der Waals surface area contributed by atoms with Crippen LogP contribution in [-0.4, -0.2) is 6.54 Å². The maximum absolute atomic E-state index is 3.68. The van der Waals surface area contributed by atoms with E-state index in [0.29, 0.717) is 6.04 Å². The molecule has 1 nitrogen and oxygen atoms in total. The van der Waals surface area contributed by atoms with Crippen LogP contribution >= 0.6 is 11.3 Å². The van der Waals surface area contributed by atoms with Gasteiger partial charge >= 0.3 is 0 Å². The first-order valence-electron chi connectivity index (χ1n) is 7.68. The van der Waals surface area contributed by atoms with Crippen LogP contribution in [0.2, 0.25) is 0 Å². The Balaban J connectivity index is 1.98. The molecule has 0 amide bonds. The molecule has 20 heavy (non-hydrogen) atoms. The molecule has 0 spiro atoms. The fourth-order valence-corrected chi connectivity index (χ4v) is 4.01. The normalized spacial score (nSPS) is 16.9. The van der Waals surface area contributed by atoms with E-state index in [4.69, 9.17) is 0 Å². The molecule has 1 saturated carbocycles. The lowest BCUT2D eigenvalue weighted by atomic mass is 9.77. The summed E-state index contributed by atoms with van der Waals surface area (Å²) in [6.45, 7) is 5.38. The van der Waals surface area contributed by atoms with Gasteiger partial charge in [-0.1, -0.05) is 37.6 Å². The van der Waals surface area contributed by atoms with Crippen molar-refractivity contribution >= 4 is 11.3 Å². The van der Waals surface area contributed by atoms with Gasteiger partial charge in [0.25, 0.3) is 0 Å². The van der Waals surface area contributed by atoms with Crippen LogP contribution in [-0.2, 0) is 0 Å². The third kappa shape index (κ3) is 2.68. The van der Waals surface area contributed by atoms with Crippen molar-refractivity contribution in [2.24, 2.45) is 0 Å². The number of rotatable bonds is 5. The van der Waals surface area contributed by atoms with Crippen LogP contribution in [0.15, 0.2) is 36.4 Å². The highest BCUT2D eigenvalue weighted by molar-refractivity contribution is 7.12. The second-order valence-corrected chi connectivity index (χ2v) is 7.02. The summed E-state index contributed by atoms with van der Waals surface area (Å²) in [5.74, 6) is 0.786. The topological polar surface area (TPSA) is 12.0 Å².